The molecule has 5 heteroatoms. The molecule has 16 heavy (non-hydrogen) atoms. The Bertz CT molecular complexity index is 376. The van der Waals surface area contributed by atoms with E-state index in [9.17, 15) is 4.79 Å². The molecule has 0 saturated heterocycles. The molecule has 3 N–H and O–H groups in total. The van der Waals surface area contributed by atoms with Crippen molar-refractivity contribution in [1.82, 2.24) is 0 Å². The van der Waals surface area contributed by atoms with Gasteiger partial charge in [0.25, 0.3) is 0 Å². The summed E-state index contributed by atoms with van der Waals surface area (Å²) in [5.74, 6) is -0.176. The van der Waals surface area contributed by atoms with Crippen LogP contribution in [0.5, 0.6) is 0 Å². The molecule has 0 atom stereocenters. The van der Waals surface area contributed by atoms with Crippen LogP contribution in [-0.2, 0) is 9.53 Å². The van der Waals surface area contributed by atoms with Crippen LogP contribution in [0.1, 0.15) is 12.5 Å². The molecule has 0 bridgehead atoms. The van der Waals surface area contributed by atoms with Crippen LogP contribution in [-0.4, -0.2) is 24.1 Å². The normalized spacial score (nSPS) is 9.81. The van der Waals surface area contributed by atoms with Crippen LogP contribution in [0.2, 0.25) is 0 Å². The summed E-state index contributed by atoms with van der Waals surface area (Å²) in [7, 11) is 0. The molecular formula is C11H14N2O2S. The Morgan fingerprint density at radius 2 is 2.06 bits per heavy atom. The SMILES string of the molecule is CCOCC(=O)Nc1ccc(C(N)=S)cc1. The van der Waals surface area contributed by atoms with E-state index in [2.05, 4.69) is 5.32 Å². The van der Waals surface area contributed by atoms with E-state index >= 15 is 0 Å². The zero-order chi connectivity index (χ0) is 12.0. The highest BCUT2D eigenvalue weighted by molar-refractivity contribution is 7.80. The maximum atomic E-state index is 11.3. The number of hydrogen-bond acceptors (Lipinski definition) is 3. The summed E-state index contributed by atoms with van der Waals surface area (Å²) >= 11 is 4.82. The molecule has 86 valence electrons. The maximum Gasteiger partial charge on any atom is 0.250 e. The topological polar surface area (TPSA) is 64.3 Å². The number of amides is 1. The van der Waals surface area contributed by atoms with E-state index in [-0.39, 0.29) is 12.5 Å². The van der Waals surface area contributed by atoms with Gasteiger partial charge in [-0.2, -0.15) is 0 Å². The van der Waals surface area contributed by atoms with Gasteiger partial charge in [0, 0.05) is 17.9 Å². The predicted molar refractivity (Wildman–Crippen MR) is 67.5 cm³/mol. The minimum Gasteiger partial charge on any atom is -0.389 e. The highest BCUT2D eigenvalue weighted by Gasteiger charge is 2.02. The Kier molecular flexibility index (Phi) is 4.88. The highest BCUT2D eigenvalue weighted by atomic mass is 32.1. The lowest BCUT2D eigenvalue weighted by Crippen LogP contribution is -2.18. The maximum absolute atomic E-state index is 11.3. The smallest absolute Gasteiger partial charge is 0.250 e. The van der Waals surface area contributed by atoms with E-state index in [4.69, 9.17) is 22.7 Å². The average molecular weight is 238 g/mol. The molecule has 0 aliphatic carbocycles. The first-order chi connectivity index (χ1) is 7.63. The van der Waals surface area contributed by atoms with Gasteiger partial charge in [0.15, 0.2) is 0 Å². The molecule has 0 aromatic heterocycles. The predicted octanol–water partition coefficient (Wildman–Crippen LogP) is 1.30. The van der Waals surface area contributed by atoms with E-state index in [0.29, 0.717) is 17.3 Å². The van der Waals surface area contributed by atoms with E-state index in [1.165, 1.54) is 0 Å². The zero-order valence-corrected chi connectivity index (χ0v) is 9.84. The van der Waals surface area contributed by atoms with Crippen molar-refractivity contribution in [2.45, 2.75) is 6.92 Å². The molecule has 0 unspecified atom stereocenters. The van der Waals surface area contributed by atoms with Crippen molar-refractivity contribution in [2.75, 3.05) is 18.5 Å². The largest absolute Gasteiger partial charge is 0.389 e. The Morgan fingerprint density at radius 1 is 1.44 bits per heavy atom. The van der Waals surface area contributed by atoms with Gasteiger partial charge in [-0.15, -0.1) is 0 Å². The van der Waals surface area contributed by atoms with Gasteiger partial charge < -0.3 is 15.8 Å². The van der Waals surface area contributed by atoms with Crippen molar-refractivity contribution in [2.24, 2.45) is 5.73 Å². The molecule has 0 heterocycles. The van der Waals surface area contributed by atoms with Crippen LogP contribution in [0.15, 0.2) is 24.3 Å². The number of benzene rings is 1. The summed E-state index contributed by atoms with van der Waals surface area (Å²) in [6.45, 7) is 2.42. The highest BCUT2D eigenvalue weighted by Crippen LogP contribution is 2.09. The number of thiocarbonyl (C=S) groups is 1. The molecule has 1 rings (SSSR count). The summed E-state index contributed by atoms with van der Waals surface area (Å²) in [6, 6.07) is 7.02. The number of ether oxygens (including phenoxy) is 1. The average Bonchev–Trinajstić information content (AvgIpc) is 2.27. The van der Waals surface area contributed by atoms with Crippen LogP contribution in [0.4, 0.5) is 5.69 Å². The third-order valence-electron chi connectivity index (χ3n) is 1.89. The molecule has 4 nitrogen and oxygen atoms in total. The van der Waals surface area contributed by atoms with Gasteiger partial charge >= 0.3 is 0 Å². The summed E-state index contributed by atoms with van der Waals surface area (Å²) < 4.78 is 4.98. The van der Waals surface area contributed by atoms with Crippen LogP contribution >= 0.6 is 12.2 Å². The van der Waals surface area contributed by atoms with E-state index in [1.54, 1.807) is 24.3 Å². The second-order valence-corrected chi connectivity index (χ2v) is 3.57. The molecule has 0 fully saturated rings. The number of carbonyl (C=O) groups is 1. The molecule has 0 aliphatic heterocycles. The molecule has 1 aromatic rings. The van der Waals surface area contributed by atoms with Crippen molar-refractivity contribution in [3.05, 3.63) is 29.8 Å². The first-order valence-electron chi connectivity index (χ1n) is 4.91. The summed E-state index contributed by atoms with van der Waals surface area (Å²) in [4.78, 5) is 11.6. The lowest BCUT2D eigenvalue weighted by molar-refractivity contribution is -0.120. The quantitative estimate of drug-likeness (QED) is 0.759. The lowest BCUT2D eigenvalue weighted by atomic mass is 10.2. The van der Waals surface area contributed by atoms with Crippen molar-refractivity contribution < 1.29 is 9.53 Å². The van der Waals surface area contributed by atoms with Crippen molar-refractivity contribution in [3.8, 4) is 0 Å². The van der Waals surface area contributed by atoms with Crippen molar-refractivity contribution >= 4 is 28.8 Å². The van der Waals surface area contributed by atoms with Crippen molar-refractivity contribution in [3.63, 3.8) is 0 Å². The fraction of sp³-hybridized carbons (Fsp3) is 0.273. The van der Waals surface area contributed by atoms with Crippen LogP contribution < -0.4 is 11.1 Å². The summed E-state index contributed by atoms with van der Waals surface area (Å²) in [6.07, 6.45) is 0. The fourth-order valence-electron chi connectivity index (χ4n) is 1.11. The van der Waals surface area contributed by atoms with Crippen LogP contribution in [0.3, 0.4) is 0 Å². The molecule has 1 aromatic carbocycles. The molecule has 0 saturated carbocycles. The lowest BCUT2D eigenvalue weighted by Gasteiger charge is -2.05. The van der Waals surface area contributed by atoms with Gasteiger partial charge in [-0.25, -0.2) is 0 Å². The van der Waals surface area contributed by atoms with Gasteiger partial charge in [-0.3, -0.25) is 4.79 Å². The van der Waals surface area contributed by atoms with Crippen LogP contribution in [0, 0.1) is 0 Å². The van der Waals surface area contributed by atoms with E-state index in [0.717, 1.165) is 5.56 Å². The number of rotatable bonds is 5. The Labute approximate surface area is 99.8 Å². The summed E-state index contributed by atoms with van der Waals surface area (Å²) in [5, 5.41) is 2.69. The van der Waals surface area contributed by atoms with E-state index < -0.39 is 0 Å². The zero-order valence-electron chi connectivity index (χ0n) is 9.03. The Morgan fingerprint density at radius 3 is 2.56 bits per heavy atom. The second-order valence-electron chi connectivity index (χ2n) is 3.13. The van der Waals surface area contributed by atoms with Gasteiger partial charge in [0.1, 0.15) is 11.6 Å². The first-order valence-corrected chi connectivity index (χ1v) is 5.31. The van der Waals surface area contributed by atoms with E-state index in [1.807, 2.05) is 6.92 Å². The first kappa shape index (κ1) is 12.6. The van der Waals surface area contributed by atoms with Gasteiger partial charge in [0.05, 0.1) is 0 Å². The number of hydrogen-bond donors (Lipinski definition) is 2. The number of nitrogens with one attached hydrogen (secondary N) is 1. The minimum atomic E-state index is -0.176. The van der Waals surface area contributed by atoms with Gasteiger partial charge in [-0.05, 0) is 31.2 Å². The second kappa shape index (κ2) is 6.19. The molecule has 0 spiro atoms. The molecule has 0 aliphatic rings. The third-order valence-corrected chi connectivity index (χ3v) is 2.13. The van der Waals surface area contributed by atoms with Crippen molar-refractivity contribution in [1.29, 1.82) is 0 Å². The van der Waals surface area contributed by atoms with Crippen LogP contribution in [0.25, 0.3) is 0 Å². The standard InChI is InChI=1S/C11H14N2O2S/c1-2-15-7-10(14)13-9-5-3-8(4-6-9)11(12)16/h3-6H,2,7H2,1H3,(H2,12,16)(H,13,14). The minimum absolute atomic E-state index is 0.0630. The molecule has 0 radical (unpaired) electrons. The molecule has 1 amide bonds. The van der Waals surface area contributed by atoms with Gasteiger partial charge in [0.2, 0.25) is 5.91 Å². The fourth-order valence-corrected chi connectivity index (χ4v) is 1.25. The van der Waals surface area contributed by atoms with Gasteiger partial charge in [-0.1, -0.05) is 12.2 Å². The molecular weight excluding hydrogens is 224 g/mol. The number of anilines is 1. The number of nitrogens with two attached hydrogens (primary N) is 1. The Hall–Kier alpha value is -1.46. The third kappa shape index (κ3) is 3.96. The summed E-state index contributed by atoms with van der Waals surface area (Å²) in [5.41, 5.74) is 6.93. The Balaban J connectivity index is 2.55. The monoisotopic (exact) mass is 238 g/mol. The number of carbonyl (C=O) groups excluding carboxylic acids is 1.